The van der Waals surface area contributed by atoms with Crippen LogP contribution in [0.4, 0.5) is 17.5 Å². The average molecular weight is 412 g/mol. The van der Waals surface area contributed by atoms with Gasteiger partial charge in [-0.1, -0.05) is 38.3 Å². The predicted molar refractivity (Wildman–Crippen MR) is 116 cm³/mol. The normalized spacial score (nSPS) is 15.4. The first kappa shape index (κ1) is 21.5. The molecule has 1 aromatic carbocycles. The number of aromatic nitrogens is 2. The first-order valence-electron chi connectivity index (χ1n) is 10.2. The molecule has 0 radical (unpaired) electrons. The number of nitrogens with two attached hydrogens (primary N) is 2. The summed E-state index contributed by atoms with van der Waals surface area (Å²) in [4.78, 5) is 43.2. The van der Waals surface area contributed by atoms with Crippen molar-refractivity contribution < 1.29 is 9.59 Å². The van der Waals surface area contributed by atoms with Crippen LogP contribution in [0.3, 0.4) is 0 Å². The zero-order valence-electron chi connectivity index (χ0n) is 17.1. The summed E-state index contributed by atoms with van der Waals surface area (Å²) in [7, 11) is 0. The fraction of sp³-hybridized carbons (Fsp3) is 0.429. The third-order valence-electron chi connectivity index (χ3n) is 5.39. The van der Waals surface area contributed by atoms with E-state index in [1.807, 2.05) is 0 Å². The van der Waals surface area contributed by atoms with E-state index < -0.39 is 11.5 Å². The smallest absolute Gasteiger partial charge is 0.267 e. The molecule has 1 amide bonds. The molecule has 0 unspecified atom stereocenters. The molecule has 30 heavy (non-hydrogen) atoms. The minimum Gasteiger partial charge on any atom is -0.365 e. The number of ketones is 1. The monoisotopic (exact) mass is 412 g/mol. The molecule has 0 spiro atoms. The van der Waals surface area contributed by atoms with Crippen molar-refractivity contribution in [3.63, 3.8) is 0 Å². The lowest BCUT2D eigenvalue weighted by molar-refractivity contribution is 0.0983. The number of benzene rings is 1. The van der Waals surface area contributed by atoms with Crippen molar-refractivity contribution in [2.45, 2.75) is 51.0 Å². The van der Waals surface area contributed by atoms with Crippen molar-refractivity contribution >= 4 is 29.1 Å². The van der Waals surface area contributed by atoms with Crippen LogP contribution in [0.1, 0.15) is 66.2 Å². The van der Waals surface area contributed by atoms with E-state index in [0.29, 0.717) is 24.2 Å². The second-order valence-corrected chi connectivity index (χ2v) is 7.76. The van der Waals surface area contributed by atoms with Crippen LogP contribution < -0.4 is 27.7 Å². The van der Waals surface area contributed by atoms with Crippen molar-refractivity contribution in [1.29, 1.82) is 0 Å². The molecule has 3 rings (SSSR count). The predicted octanol–water partition coefficient (Wildman–Crippen LogP) is 2.28. The molecule has 2 aromatic rings. The number of aromatic amines is 1. The number of anilines is 3. The molecular formula is C21H28N6O3. The Morgan fingerprint density at radius 2 is 1.97 bits per heavy atom. The third kappa shape index (κ3) is 5.04. The number of carbonyl (C=O) groups excluding carboxylic acids is 2. The van der Waals surface area contributed by atoms with Gasteiger partial charge in [0.1, 0.15) is 5.56 Å². The van der Waals surface area contributed by atoms with Gasteiger partial charge in [-0.25, -0.2) is 0 Å². The van der Waals surface area contributed by atoms with Gasteiger partial charge < -0.3 is 22.1 Å². The quantitative estimate of drug-likeness (QED) is 0.416. The van der Waals surface area contributed by atoms with Gasteiger partial charge in [-0.15, -0.1) is 0 Å². The topological polar surface area (TPSA) is 156 Å². The number of amides is 1. The Bertz CT molecular complexity index is 994. The minimum atomic E-state index is -0.902. The molecule has 0 aliphatic heterocycles. The Labute approximate surface area is 174 Å². The van der Waals surface area contributed by atoms with Crippen LogP contribution in [0.25, 0.3) is 0 Å². The van der Waals surface area contributed by atoms with Crippen molar-refractivity contribution in [2.24, 2.45) is 11.5 Å². The Morgan fingerprint density at radius 3 is 2.63 bits per heavy atom. The van der Waals surface area contributed by atoms with E-state index in [4.69, 9.17) is 11.5 Å². The van der Waals surface area contributed by atoms with Gasteiger partial charge in [-0.2, -0.15) is 4.98 Å². The van der Waals surface area contributed by atoms with Gasteiger partial charge in [0, 0.05) is 29.8 Å². The maximum atomic E-state index is 12.5. The maximum Gasteiger partial charge on any atom is 0.267 e. The van der Waals surface area contributed by atoms with Gasteiger partial charge in [-0.3, -0.25) is 19.4 Å². The SMILES string of the molecule is CCC(=O)c1cccc(Nc2nc(NCC3(N)CCCCC3)[nH]c(=O)c2C(N)=O)c1. The first-order valence-corrected chi connectivity index (χ1v) is 10.2. The van der Waals surface area contributed by atoms with Crippen LogP contribution in [0.5, 0.6) is 0 Å². The highest BCUT2D eigenvalue weighted by Gasteiger charge is 2.27. The largest absolute Gasteiger partial charge is 0.365 e. The Morgan fingerprint density at radius 1 is 1.23 bits per heavy atom. The summed E-state index contributed by atoms with van der Waals surface area (Å²) in [5.41, 5.74) is 11.6. The van der Waals surface area contributed by atoms with Crippen LogP contribution >= 0.6 is 0 Å². The van der Waals surface area contributed by atoms with E-state index in [2.05, 4.69) is 20.6 Å². The Kier molecular flexibility index (Phi) is 6.51. The highest BCUT2D eigenvalue weighted by atomic mass is 16.2. The highest BCUT2D eigenvalue weighted by molar-refractivity contribution is 5.99. The molecule has 0 saturated heterocycles. The number of hydrogen-bond donors (Lipinski definition) is 5. The molecule has 1 saturated carbocycles. The van der Waals surface area contributed by atoms with E-state index in [1.54, 1.807) is 31.2 Å². The van der Waals surface area contributed by atoms with Crippen molar-refractivity contribution in [1.82, 2.24) is 9.97 Å². The summed E-state index contributed by atoms with van der Waals surface area (Å²) in [5, 5.41) is 6.04. The molecule has 0 bridgehead atoms. The number of carbonyl (C=O) groups is 2. The van der Waals surface area contributed by atoms with Crippen LogP contribution in [0.2, 0.25) is 0 Å². The van der Waals surface area contributed by atoms with Crippen molar-refractivity contribution in [2.75, 3.05) is 17.2 Å². The fourth-order valence-corrected chi connectivity index (χ4v) is 3.68. The van der Waals surface area contributed by atoms with Gasteiger partial charge >= 0.3 is 0 Å². The van der Waals surface area contributed by atoms with Crippen molar-refractivity contribution in [3.8, 4) is 0 Å². The molecule has 9 heteroatoms. The number of primary amides is 1. The molecule has 9 nitrogen and oxygen atoms in total. The standard InChI is InChI=1S/C21H28N6O3/c1-2-15(28)13-7-6-8-14(11-13)25-18-16(17(22)29)19(30)27-20(26-18)24-12-21(23)9-4-3-5-10-21/h6-8,11H,2-5,9-10,12,23H2,1H3,(H2,22,29)(H3,24,25,26,27,30). The minimum absolute atomic E-state index is 0.0178. The van der Waals surface area contributed by atoms with E-state index >= 15 is 0 Å². The zero-order valence-corrected chi connectivity index (χ0v) is 17.1. The molecule has 1 aromatic heterocycles. The second kappa shape index (κ2) is 9.08. The lowest BCUT2D eigenvalue weighted by atomic mass is 9.82. The molecule has 1 aliphatic carbocycles. The van der Waals surface area contributed by atoms with Crippen LogP contribution in [0, 0.1) is 0 Å². The lowest BCUT2D eigenvalue weighted by Gasteiger charge is -2.33. The van der Waals surface area contributed by atoms with Crippen LogP contribution in [0.15, 0.2) is 29.1 Å². The van der Waals surface area contributed by atoms with Crippen LogP contribution in [-0.2, 0) is 0 Å². The average Bonchev–Trinajstić information content (AvgIpc) is 2.72. The molecule has 7 N–H and O–H groups in total. The molecule has 160 valence electrons. The third-order valence-corrected chi connectivity index (χ3v) is 5.39. The summed E-state index contributed by atoms with van der Waals surface area (Å²) in [5.74, 6) is -0.704. The van der Waals surface area contributed by atoms with Gasteiger partial charge in [0.2, 0.25) is 5.95 Å². The van der Waals surface area contributed by atoms with Crippen LogP contribution in [-0.4, -0.2) is 33.7 Å². The van der Waals surface area contributed by atoms with E-state index in [-0.39, 0.29) is 28.7 Å². The second-order valence-electron chi connectivity index (χ2n) is 7.76. The fourth-order valence-electron chi connectivity index (χ4n) is 3.68. The number of nitrogens with one attached hydrogen (secondary N) is 3. The van der Waals surface area contributed by atoms with Gasteiger partial charge in [0.05, 0.1) is 0 Å². The number of H-pyrrole nitrogens is 1. The molecule has 1 fully saturated rings. The summed E-state index contributed by atoms with van der Waals surface area (Å²) < 4.78 is 0. The van der Waals surface area contributed by atoms with E-state index in [9.17, 15) is 14.4 Å². The molecule has 1 heterocycles. The van der Waals surface area contributed by atoms with E-state index in [0.717, 1.165) is 25.7 Å². The summed E-state index contributed by atoms with van der Waals surface area (Å²) in [6.45, 7) is 2.23. The maximum absolute atomic E-state index is 12.5. The number of Topliss-reactive ketones (excluding diaryl/α,β-unsaturated/α-hetero) is 1. The van der Waals surface area contributed by atoms with Gasteiger partial charge in [-0.05, 0) is 25.0 Å². The molecule has 0 atom stereocenters. The summed E-state index contributed by atoms with van der Waals surface area (Å²) >= 11 is 0. The highest BCUT2D eigenvalue weighted by Crippen LogP contribution is 2.26. The van der Waals surface area contributed by atoms with Crippen molar-refractivity contribution in [3.05, 3.63) is 45.7 Å². The summed E-state index contributed by atoms with van der Waals surface area (Å²) in [6, 6.07) is 6.77. The number of nitrogens with zero attached hydrogens (tertiary/aromatic N) is 1. The van der Waals surface area contributed by atoms with Gasteiger partial charge in [0.15, 0.2) is 11.6 Å². The zero-order chi connectivity index (χ0) is 21.7. The lowest BCUT2D eigenvalue weighted by Crippen LogP contribution is -2.48. The van der Waals surface area contributed by atoms with Gasteiger partial charge in [0.25, 0.3) is 11.5 Å². The Hall–Kier alpha value is -3.20. The molecular weight excluding hydrogens is 384 g/mol. The summed E-state index contributed by atoms with van der Waals surface area (Å²) in [6.07, 6.45) is 5.48. The number of rotatable bonds is 8. The van der Waals surface area contributed by atoms with E-state index in [1.165, 1.54) is 6.42 Å². The molecule has 1 aliphatic rings. The first-order chi connectivity index (χ1) is 14.3. The Balaban J connectivity index is 1.88. The number of hydrogen-bond acceptors (Lipinski definition) is 7.